The SMILES string of the molecule is CC/C=C\C/C=C\C/C=C\C/C=C\C/C=C\CCCCCCCCCCCCCCCC(=O)OCC(COP(=O)(O)OCC(O)COP(=O)(O)OCC(O)COC(=O)CCCCCCCCCCCCCCCCCCC/C=C\C/C=C\C/C=C\C/C=C\CCCCC)OC(=O)CCCCCCCCC/C=C\C/C=C\C/C=C\C/C=C\C/C=C\CC. The molecule has 0 aromatic rings. The van der Waals surface area contributed by atoms with Gasteiger partial charge in [-0.1, -0.05) is 403 Å². The minimum absolute atomic E-state index is 0.0873. The third-order valence-corrected chi connectivity index (χ3v) is 22.3. The number of hydrogen-bond acceptors (Lipinski definition) is 14. The van der Waals surface area contributed by atoms with E-state index in [2.05, 4.69) is 191 Å². The van der Waals surface area contributed by atoms with Crippen LogP contribution in [0, 0.1) is 0 Å². The summed E-state index contributed by atoms with van der Waals surface area (Å²) in [5.74, 6) is -1.58. The van der Waals surface area contributed by atoms with Crippen LogP contribution in [0.3, 0.4) is 0 Å². The molecule has 0 aliphatic carbocycles. The van der Waals surface area contributed by atoms with Crippen molar-refractivity contribution in [2.75, 3.05) is 39.6 Å². The predicted molar refractivity (Wildman–Crippen MR) is 509 cm³/mol. The van der Waals surface area contributed by atoms with E-state index < -0.39 is 91.5 Å². The van der Waals surface area contributed by atoms with Crippen LogP contribution in [-0.4, -0.2) is 95.9 Å². The fourth-order valence-electron chi connectivity index (χ4n) is 13.1. The van der Waals surface area contributed by atoms with Gasteiger partial charge in [-0.15, -0.1) is 0 Å². The highest BCUT2D eigenvalue weighted by atomic mass is 31.2. The van der Waals surface area contributed by atoms with Gasteiger partial charge in [0, 0.05) is 19.3 Å². The third-order valence-electron chi connectivity index (χ3n) is 20.4. The molecule has 18 heteroatoms. The van der Waals surface area contributed by atoms with Crippen LogP contribution in [0.2, 0.25) is 0 Å². The van der Waals surface area contributed by atoms with E-state index >= 15 is 0 Å². The molecule has 0 heterocycles. The molecule has 0 saturated carbocycles. The molecule has 121 heavy (non-hydrogen) atoms. The van der Waals surface area contributed by atoms with E-state index in [1.807, 2.05) is 0 Å². The van der Waals surface area contributed by atoms with Crippen molar-refractivity contribution in [3.8, 4) is 0 Å². The smallest absolute Gasteiger partial charge is 0.463 e. The first-order valence-electron chi connectivity index (χ1n) is 48.4. The maximum Gasteiger partial charge on any atom is 0.472 e. The molecule has 0 aliphatic heterocycles. The van der Waals surface area contributed by atoms with Crippen molar-refractivity contribution in [3.63, 3.8) is 0 Å². The first kappa shape index (κ1) is 116. The highest BCUT2D eigenvalue weighted by molar-refractivity contribution is 7.47. The molecule has 16 nitrogen and oxygen atoms in total. The number of hydrogen-bond donors (Lipinski definition) is 4. The van der Waals surface area contributed by atoms with E-state index in [0.717, 1.165) is 180 Å². The van der Waals surface area contributed by atoms with E-state index in [-0.39, 0.29) is 19.3 Å². The third kappa shape index (κ3) is 95.4. The maximum atomic E-state index is 13.1. The number of aliphatic hydroxyl groups is 2. The van der Waals surface area contributed by atoms with Gasteiger partial charge in [0.05, 0.1) is 26.4 Å². The second kappa shape index (κ2) is 94.1. The molecule has 0 saturated heterocycles. The van der Waals surface area contributed by atoms with Gasteiger partial charge in [0.1, 0.15) is 25.4 Å². The van der Waals surface area contributed by atoms with Gasteiger partial charge in [-0.05, 0) is 154 Å². The molecule has 0 spiro atoms. The molecule has 5 unspecified atom stereocenters. The number of allylic oxidation sites excluding steroid dienone is 28. The first-order chi connectivity index (χ1) is 59.2. The molecule has 0 aliphatic rings. The average Bonchev–Trinajstić information content (AvgIpc) is 0.899. The normalized spacial score (nSPS) is 14.5. The Morgan fingerprint density at radius 2 is 0.438 bits per heavy atom. The van der Waals surface area contributed by atoms with Gasteiger partial charge in [-0.3, -0.25) is 32.5 Å². The Kier molecular flexibility index (Phi) is 90.1. The topological polar surface area (TPSA) is 231 Å². The molecule has 0 rings (SSSR count). The average molecular weight is 1730 g/mol. The molecule has 5 atom stereocenters. The monoisotopic (exact) mass is 1730 g/mol. The number of aliphatic hydroxyl groups excluding tert-OH is 2. The van der Waals surface area contributed by atoms with Crippen molar-refractivity contribution >= 4 is 33.6 Å². The van der Waals surface area contributed by atoms with Crippen LogP contribution < -0.4 is 0 Å². The number of phosphoric ester groups is 2. The van der Waals surface area contributed by atoms with Gasteiger partial charge in [-0.25, -0.2) is 9.13 Å². The van der Waals surface area contributed by atoms with Crippen molar-refractivity contribution in [2.24, 2.45) is 0 Å². The zero-order valence-electron chi connectivity index (χ0n) is 76.6. The van der Waals surface area contributed by atoms with Gasteiger partial charge in [0.2, 0.25) is 0 Å². The van der Waals surface area contributed by atoms with Gasteiger partial charge < -0.3 is 34.2 Å². The summed E-state index contributed by atoms with van der Waals surface area (Å²) < 4.78 is 61.6. The Labute approximate surface area is 739 Å². The van der Waals surface area contributed by atoms with Crippen molar-refractivity contribution in [1.29, 1.82) is 0 Å². The summed E-state index contributed by atoms with van der Waals surface area (Å²) in [6, 6.07) is 0. The Morgan fingerprint density at radius 1 is 0.240 bits per heavy atom. The van der Waals surface area contributed by atoms with Crippen LogP contribution >= 0.6 is 15.6 Å². The Balaban J connectivity index is 4.58. The fourth-order valence-corrected chi connectivity index (χ4v) is 14.7. The lowest BCUT2D eigenvalue weighted by molar-refractivity contribution is -0.161. The maximum absolute atomic E-state index is 13.1. The summed E-state index contributed by atoms with van der Waals surface area (Å²) in [6.07, 6.45) is 123. The van der Waals surface area contributed by atoms with E-state index in [1.54, 1.807) is 0 Å². The number of unbranched alkanes of at least 4 members (excludes halogenated alkanes) is 40. The quantitative estimate of drug-likeness (QED) is 0.0146. The minimum atomic E-state index is -4.95. The molecule has 0 aromatic heterocycles. The molecule has 0 bridgehead atoms. The lowest BCUT2D eigenvalue weighted by Crippen LogP contribution is -2.30. The molecule has 4 N–H and O–H groups in total. The molecule has 0 amide bonds. The Hall–Kier alpha value is -5.09. The Morgan fingerprint density at radius 3 is 0.694 bits per heavy atom. The van der Waals surface area contributed by atoms with Crippen molar-refractivity contribution in [3.05, 3.63) is 170 Å². The summed E-state index contributed by atoms with van der Waals surface area (Å²) in [4.78, 5) is 59.1. The summed E-state index contributed by atoms with van der Waals surface area (Å²) >= 11 is 0. The van der Waals surface area contributed by atoms with Gasteiger partial charge >= 0.3 is 33.6 Å². The standard InChI is InChI=1S/C103H176O16P2/c1-4-7-10-13-16-19-22-25-28-31-34-37-40-42-44-46-47-48-49-51-53-54-57-59-62-65-68-71-74-77-80-83-86-89-101(106)113-92-98(104)93-115-120(109,110)116-94-99(105)95-117-121(111,112)118-97-100(119-103(108)91-88-85-82-79-76-73-70-67-64-61-56-39-36-33-30-27-24-21-18-15-12-9-6-3)96-114-102(107)90-87-84-81-78-75-72-69-66-63-60-58-55-52-50-45-43-41-38-35-32-29-26-23-20-17-14-11-8-5-2/h8-9,11-12,16-21,25-30,34-39,42-45,61,64,98-100,104-105H,4-7,10,13-15,22-24,31-33,40-41,46-60,62-63,65-97H2,1-3H3,(H,109,110)(H,111,112)/b11-8-,12-9-,19-16-,20-17-,21-18-,28-25-,29-26-,30-27-,37-34-,38-35-,39-36-,44-42-,45-43-,64-61-. The Bertz CT molecular complexity index is 2880. The van der Waals surface area contributed by atoms with E-state index in [9.17, 15) is 43.5 Å². The molecular formula is C103H176O16P2. The van der Waals surface area contributed by atoms with Gasteiger partial charge in [-0.2, -0.15) is 0 Å². The number of carbonyl (C=O) groups excluding carboxylic acids is 3. The number of ether oxygens (including phenoxy) is 3. The van der Waals surface area contributed by atoms with Crippen LogP contribution in [-0.2, 0) is 55.8 Å². The van der Waals surface area contributed by atoms with Crippen molar-refractivity contribution < 1.29 is 75.8 Å². The predicted octanol–water partition coefficient (Wildman–Crippen LogP) is 30.2. The van der Waals surface area contributed by atoms with Crippen LogP contribution in [0.15, 0.2) is 170 Å². The van der Waals surface area contributed by atoms with Gasteiger partial charge in [0.15, 0.2) is 6.10 Å². The van der Waals surface area contributed by atoms with Crippen LogP contribution in [0.5, 0.6) is 0 Å². The lowest BCUT2D eigenvalue weighted by Gasteiger charge is -2.21. The van der Waals surface area contributed by atoms with E-state index in [4.69, 9.17) is 32.3 Å². The van der Waals surface area contributed by atoms with Crippen LogP contribution in [0.25, 0.3) is 0 Å². The fraction of sp³-hybridized carbons (Fsp3) is 0.699. The van der Waals surface area contributed by atoms with Crippen LogP contribution in [0.4, 0.5) is 0 Å². The number of rotatable bonds is 91. The summed E-state index contributed by atoms with van der Waals surface area (Å²) in [6.45, 7) is 2.47. The minimum Gasteiger partial charge on any atom is -0.463 e. The largest absolute Gasteiger partial charge is 0.472 e. The van der Waals surface area contributed by atoms with Crippen molar-refractivity contribution in [1.82, 2.24) is 0 Å². The van der Waals surface area contributed by atoms with E-state index in [0.29, 0.717) is 19.3 Å². The van der Waals surface area contributed by atoms with Gasteiger partial charge in [0.25, 0.3) is 0 Å². The summed E-state index contributed by atoms with van der Waals surface area (Å²) in [5, 5.41) is 20.8. The highest BCUT2D eigenvalue weighted by Crippen LogP contribution is 2.45. The van der Waals surface area contributed by atoms with Crippen molar-refractivity contribution in [2.45, 2.75) is 424 Å². The molecule has 0 aromatic carbocycles. The number of carbonyl (C=O) groups is 3. The molecular weight excluding hydrogens is 1560 g/mol. The van der Waals surface area contributed by atoms with E-state index in [1.165, 1.54) is 167 Å². The zero-order valence-corrected chi connectivity index (χ0v) is 78.4. The second-order valence-corrected chi connectivity index (χ2v) is 35.0. The second-order valence-electron chi connectivity index (χ2n) is 32.1. The summed E-state index contributed by atoms with van der Waals surface area (Å²) in [7, 11) is -9.82. The first-order valence-corrected chi connectivity index (χ1v) is 51.4. The lowest BCUT2D eigenvalue weighted by atomic mass is 10.0. The number of esters is 3. The van der Waals surface area contributed by atoms with Crippen LogP contribution in [0.1, 0.15) is 406 Å². The molecule has 0 radical (unpaired) electrons. The summed E-state index contributed by atoms with van der Waals surface area (Å²) in [5.41, 5.74) is 0. The molecule has 0 fully saturated rings. The highest BCUT2D eigenvalue weighted by Gasteiger charge is 2.30. The molecule has 694 valence electrons. The zero-order chi connectivity index (χ0) is 87.9. The number of phosphoric acid groups is 2.